The summed E-state index contributed by atoms with van der Waals surface area (Å²) >= 11 is 6.00. The minimum absolute atomic E-state index is 0.136. The molecular formula is C20H25ClN2O3. The Kier molecular flexibility index (Phi) is 7.30. The number of likely N-dealkylation sites (N-methyl/N-ethyl adjacent to an activating group) is 1. The second-order valence-electron chi connectivity index (χ2n) is 6.15. The van der Waals surface area contributed by atoms with E-state index in [2.05, 4.69) is 5.32 Å². The Bertz CT molecular complexity index is 734. The summed E-state index contributed by atoms with van der Waals surface area (Å²) in [6, 6.07) is 12.7. The topological polar surface area (TPSA) is 50.8 Å². The Labute approximate surface area is 159 Å². The van der Waals surface area contributed by atoms with Crippen LogP contribution in [0.2, 0.25) is 5.02 Å². The van der Waals surface area contributed by atoms with E-state index in [-0.39, 0.29) is 11.9 Å². The molecule has 0 saturated carbocycles. The summed E-state index contributed by atoms with van der Waals surface area (Å²) in [5.74, 6) is 1.26. The van der Waals surface area contributed by atoms with E-state index < -0.39 is 0 Å². The van der Waals surface area contributed by atoms with Gasteiger partial charge >= 0.3 is 0 Å². The Morgan fingerprint density at radius 1 is 1.23 bits per heavy atom. The second-order valence-corrected chi connectivity index (χ2v) is 6.59. The number of ether oxygens (including phenoxy) is 2. The van der Waals surface area contributed by atoms with E-state index in [4.69, 9.17) is 21.1 Å². The van der Waals surface area contributed by atoms with Crippen molar-refractivity contribution in [1.82, 2.24) is 4.90 Å². The molecule has 6 heteroatoms. The lowest BCUT2D eigenvalue weighted by Gasteiger charge is -2.24. The van der Waals surface area contributed by atoms with Crippen LogP contribution in [0.25, 0.3) is 0 Å². The van der Waals surface area contributed by atoms with Crippen molar-refractivity contribution in [3.63, 3.8) is 0 Å². The molecule has 1 unspecified atom stereocenters. The van der Waals surface area contributed by atoms with Gasteiger partial charge in [0.15, 0.2) is 0 Å². The SMILES string of the molecule is COc1ccc(Cl)cc1NC(=O)C(C)N(C)CCOc1ccc(C)cc1. The molecule has 1 N–H and O–H groups in total. The highest BCUT2D eigenvalue weighted by Gasteiger charge is 2.19. The molecule has 0 aliphatic heterocycles. The van der Waals surface area contributed by atoms with Gasteiger partial charge in [-0.1, -0.05) is 29.3 Å². The van der Waals surface area contributed by atoms with Crippen molar-refractivity contribution in [3.8, 4) is 11.5 Å². The summed E-state index contributed by atoms with van der Waals surface area (Å²) in [6.45, 7) is 5.00. The molecule has 0 aliphatic rings. The molecule has 0 heterocycles. The molecule has 5 nitrogen and oxygen atoms in total. The van der Waals surface area contributed by atoms with Crippen molar-refractivity contribution in [1.29, 1.82) is 0 Å². The Morgan fingerprint density at radius 3 is 2.58 bits per heavy atom. The van der Waals surface area contributed by atoms with Gasteiger partial charge in [-0.3, -0.25) is 9.69 Å². The third-order valence-electron chi connectivity index (χ3n) is 4.19. The first-order chi connectivity index (χ1) is 12.4. The zero-order chi connectivity index (χ0) is 19.1. The number of rotatable bonds is 8. The number of halogens is 1. The molecule has 0 bridgehead atoms. The Balaban J connectivity index is 1.86. The molecule has 1 atom stereocenters. The van der Waals surface area contributed by atoms with Gasteiger partial charge in [0.1, 0.15) is 18.1 Å². The molecule has 0 aliphatic carbocycles. The zero-order valence-electron chi connectivity index (χ0n) is 15.6. The average molecular weight is 377 g/mol. The fraction of sp³-hybridized carbons (Fsp3) is 0.350. The van der Waals surface area contributed by atoms with Gasteiger partial charge in [-0.25, -0.2) is 0 Å². The highest BCUT2D eigenvalue weighted by Crippen LogP contribution is 2.27. The van der Waals surface area contributed by atoms with Crippen molar-refractivity contribution >= 4 is 23.2 Å². The van der Waals surface area contributed by atoms with Crippen LogP contribution in [-0.4, -0.2) is 44.2 Å². The van der Waals surface area contributed by atoms with Gasteiger partial charge in [0.2, 0.25) is 5.91 Å². The molecular weight excluding hydrogens is 352 g/mol. The number of hydrogen-bond donors (Lipinski definition) is 1. The van der Waals surface area contributed by atoms with Gasteiger partial charge in [-0.05, 0) is 51.2 Å². The third kappa shape index (κ3) is 5.64. The standard InChI is InChI=1S/C20H25ClN2O3/c1-14-5-8-17(9-6-14)26-12-11-23(3)15(2)20(24)22-18-13-16(21)7-10-19(18)25-4/h5-10,13,15H,11-12H2,1-4H3,(H,22,24). The van der Waals surface area contributed by atoms with Crippen LogP contribution in [0.15, 0.2) is 42.5 Å². The number of benzene rings is 2. The predicted molar refractivity (Wildman–Crippen MR) is 105 cm³/mol. The van der Waals surface area contributed by atoms with Crippen molar-refractivity contribution in [3.05, 3.63) is 53.1 Å². The lowest BCUT2D eigenvalue weighted by molar-refractivity contribution is -0.120. The number of nitrogens with zero attached hydrogens (tertiary/aromatic N) is 1. The van der Waals surface area contributed by atoms with Crippen LogP contribution in [0, 0.1) is 6.92 Å². The number of amides is 1. The summed E-state index contributed by atoms with van der Waals surface area (Å²) in [5.41, 5.74) is 1.75. The van der Waals surface area contributed by atoms with Crippen LogP contribution in [0.4, 0.5) is 5.69 Å². The Morgan fingerprint density at radius 2 is 1.92 bits per heavy atom. The van der Waals surface area contributed by atoms with E-state index >= 15 is 0 Å². The first kappa shape index (κ1) is 20.1. The minimum atomic E-state index is -0.333. The molecule has 0 fully saturated rings. The molecule has 0 saturated heterocycles. The van der Waals surface area contributed by atoms with E-state index in [1.807, 2.05) is 50.1 Å². The normalized spacial score (nSPS) is 11.9. The van der Waals surface area contributed by atoms with Gasteiger partial charge < -0.3 is 14.8 Å². The highest BCUT2D eigenvalue weighted by molar-refractivity contribution is 6.31. The van der Waals surface area contributed by atoms with E-state index in [9.17, 15) is 4.79 Å². The maximum Gasteiger partial charge on any atom is 0.241 e. The van der Waals surface area contributed by atoms with Crippen LogP contribution >= 0.6 is 11.6 Å². The van der Waals surface area contributed by atoms with Gasteiger partial charge in [0.25, 0.3) is 0 Å². The van der Waals surface area contributed by atoms with Crippen molar-refractivity contribution < 1.29 is 14.3 Å². The second kappa shape index (κ2) is 9.46. The molecule has 2 aromatic rings. The number of carbonyl (C=O) groups is 1. The number of anilines is 1. The number of nitrogens with one attached hydrogen (secondary N) is 1. The number of carbonyl (C=O) groups excluding carboxylic acids is 1. The lowest BCUT2D eigenvalue weighted by atomic mass is 10.2. The maximum absolute atomic E-state index is 12.5. The van der Waals surface area contributed by atoms with Crippen molar-refractivity contribution in [2.24, 2.45) is 0 Å². The predicted octanol–water partition coefficient (Wildman–Crippen LogP) is 3.99. The molecule has 0 radical (unpaired) electrons. The maximum atomic E-state index is 12.5. The van der Waals surface area contributed by atoms with Crippen LogP contribution in [0.3, 0.4) is 0 Å². The van der Waals surface area contributed by atoms with Gasteiger partial charge in [0, 0.05) is 11.6 Å². The van der Waals surface area contributed by atoms with E-state index in [1.165, 1.54) is 5.56 Å². The van der Waals surface area contributed by atoms with Gasteiger partial charge in [-0.2, -0.15) is 0 Å². The lowest BCUT2D eigenvalue weighted by Crippen LogP contribution is -2.41. The quantitative estimate of drug-likeness (QED) is 0.756. The minimum Gasteiger partial charge on any atom is -0.495 e. The summed E-state index contributed by atoms with van der Waals surface area (Å²) in [5, 5.41) is 3.40. The average Bonchev–Trinajstić information content (AvgIpc) is 2.62. The molecule has 0 aromatic heterocycles. The van der Waals surface area contributed by atoms with Crippen molar-refractivity contribution in [2.75, 3.05) is 32.6 Å². The summed E-state index contributed by atoms with van der Waals surface area (Å²) < 4.78 is 11.0. The number of aryl methyl sites for hydroxylation is 1. The van der Waals surface area contributed by atoms with E-state index in [1.54, 1.807) is 25.3 Å². The molecule has 26 heavy (non-hydrogen) atoms. The highest BCUT2D eigenvalue weighted by atomic mass is 35.5. The van der Waals surface area contributed by atoms with Crippen LogP contribution in [-0.2, 0) is 4.79 Å². The van der Waals surface area contributed by atoms with Crippen LogP contribution in [0.5, 0.6) is 11.5 Å². The third-order valence-corrected chi connectivity index (χ3v) is 4.43. The van der Waals surface area contributed by atoms with E-state index in [0.717, 1.165) is 5.75 Å². The molecule has 2 aromatic carbocycles. The summed E-state index contributed by atoms with van der Waals surface area (Å²) in [7, 11) is 3.44. The van der Waals surface area contributed by atoms with Crippen LogP contribution in [0.1, 0.15) is 12.5 Å². The fourth-order valence-corrected chi connectivity index (χ4v) is 2.52. The summed E-state index contributed by atoms with van der Waals surface area (Å²) in [4.78, 5) is 14.4. The van der Waals surface area contributed by atoms with Gasteiger partial charge in [-0.15, -0.1) is 0 Å². The zero-order valence-corrected chi connectivity index (χ0v) is 16.3. The summed E-state index contributed by atoms with van der Waals surface area (Å²) in [6.07, 6.45) is 0. The largest absolute Gasteiger partial charge is 0.495 e. The smallest absolute Gasteiger partial charge is 0.241 e. The van der Waals surface area contributed by atoms with Gasteiger partial charge in [0.05, 0.1) is 18.8 Å². The van der Waals surface area contributed by atoms with Crippen molar-refractivity contribution in [2.45, 2.75) is 19.9 Å². The first-order valence-electron chi connectivity index (χ1n) is 8.45. The Hall–Kier alpha value is -2.24. The molecule has 0 spiro atoms. The molecule has 1 amide bonds. The van der Waals surface area contributed by atoms with Crippen LogP contribution < -0.4 is 14.8 Å². The molecule has 140 valence electrons. The first-order valence-corrected chi connectivity index (χ1v) is 8.82. The number of methoxy groups -OCH3 is 1. The van der Waals surface area contributed by atoms with E-state index in [0.29, 0.717) is 29.6 Å². The number of hydrogen-bond acceptors (Lipinski definition) is 4. The fourth-order valence-electron chi connectivity index (χ4n) is 2.35. The monoisotopic (exact) mass is 376 g/mol. The molecule has 2 rings (SSSR count).